The van der Waals surface area contributed by atoms with Crippen molar-refractivity contribution in [2.24, 2.45) is 0 Å². The Kier molecular flexibility index (Phi) is 6.16. The zero-order valence-electron chi connectivity index (χ0n) is 16.0. The highest BCUT2D eigenvalue weighted by atomic mass is 28.4. The summed E-state index contributed by atoms with van der Waals surface area (Å²) >= 11 is 0. The van der Waals surface area contributed by atoms with Gasteiger partial charge in [-0.1, -0.05) is 26.6 Å². The van der Waals surface area contributed by atoms with Crippen LogP contribution in [0.25, 0.3) is 0 Å². The molecule has 0 radical (unpaired) electrons. The van der Waals surface area contributed by atoms with Gasteiger partial charge in [-0.25, -0.2) is 0 Å². The molecular weight excluding hydrogens is 296 g/mol. The van der Waals surface area contributed by atoms with Crippen LogP contribution in [0, 0.1) is 0 Å². The van der Waals surface area contributed by atoms with Gasteiger partial charge in [0.1, 0.15) is 0 Å². The Hall–Kier alpha value is 0.571. The van der Waals surface area contributed by atoms with Crippen LogP contribution in [0.5, 0.6) is 0 Å². The fourth-order valence-corrected chi connectivity index (χ4v) is 10.3. The van der Waals surface area contributed by atoms with E-state index in [1.807, 2.05) is 0 Å². The van der Waals surface area contributed by atoms with Gasteiger partial charge in [-0.15, -0.1) is 0 Å². The maximum atomic E-state index is 6.85. The zero-order valence-corrected chi connectivity index (χ0v) is 19.0. The minimum Gasteiger partial charge on any atom is -0.413 e. The Morgan fingerprint density at radius 1 is 0.750 bits per heavy atom. The highest BCUT2D eigenvalue weighted by molar-refractivity contribution is 6.82. The summed E-state index contributed by atoms with van der Waals surface area (Å²) in [4.78, 5) is 0. The van der Waals surface area contributed by atoms with Crippen molar-refractivity contribution >= 4 is 24.7 Å². The number of hydrogen-bond donors (Lipinski definition) is 0. The van der Waals surface area contributed by atoms with E-state index >= 15 is 0 Å². The average Bonchev–Trinajstić information content (AvgIpc) is 2.10. The Bertz CT molecular complexity index is 327. The van der Waals surface area contributed by atoms with Gasteiger partial charge in [-0.3, -0.25) is 0 Å². The van der Waals surface area contributed by atoms with E-state index in [9.17, 15) is 0 Å². The molecule has 0 aliphatic heterocycles. The highest BCUT2D eigenvalue weighted by Gasteiger charge is 2.51. The lowest BCUT2D eigenvalue weighted by Crippen LogP contribution is -2.65. The van der Waals surface area contributed by atoms with Gasteiger partial charge in [0.25, 0.3) is 0 Å². The second-order valence-corrected chi connectivity index (χ2v) is 23.6. The van der Waals surface area contributed by atoms with Gasteiger partial charge in [0.05, 0.1) is 13.3 Å². The van der Waals surface area contributed by atoms with E-state index < -0.39 is 24.7 Å². The number of rotatable bonds is 7. The zero-order chi connectivity index (χ0) is 16.6. The molecule has 1 atom stereocenters. The van der Waals surface area contributed by atoms with Crippen molar-refractivity contribution in [3.8, 4) is 0 Å². The third-order valence-corrected chi connectivity index (χ3v) is 13.9. The fourth-order valence-electron chi connectivity index (χ4n) is 2.33. The summed E-state index contributed by atoms with van der Waals surface area (Å²) in [5.41, 5.74) is 0. The Labute approximate surface area is 130 Å². The van der Waals surface area contributed by atoms with Crippen molar-refractivity contribution in [2.75, 3.05) is 0 Å². The molecular formula is C15H38O2Si3. The molecule has 0 saturated carbocycles. The smallest absolute Gasteiger partial charge is 0.216 e. The first-order chi connectivity index (χ1) is 8.47. The van der Waals surface area contributed by atoms with Gasteiger partial charge >= 0.3 is 0 Å². The lowest BCUT2D eigenvalue weighted by atomic mass is 10.3. The van der Waals surface area contributed by atoms with Crippen LogP contribution in [0.15, 0.2) is 0 Å². The molecule has 0 aromatic carbocycles. The van der Waals surface area contributed by atoms with Gasteiger partial charge < -0.3 is 8.85 Å². The van der Waals surface area contributed by atoms with Crippen molar-refractivity contribution in [1.29, 1.82) is 0 Å². The Balaban J connectivity index is 5.34. The van der Waals surface area contributed by atoms with Crippen molar-refractivity contribution in [3.05, 3.63) is 0 Å². The van der Waals surface area contributed by atoms with E-state index in [1.54, 1.807) is 0 Å². The molecule has 0 aromatic heterocycles. The van der Waals surface area contributed by atoms with Crippen LogP contribution in [0.3, 0.4) is 0 Å². The molecule has 0 saturated heterocycles. The summed E-state index contributed by atoms with van der Waals surface area (Å²) in [6.45, 7) is 27.7. The van der Waals surface area contributed by atoms with Crippen LogP contribution in [-0.4, -0.2) is 35.2 Å². The van der Waals surface area contributed by atoms with Crippen molar-refractivity contribution < 1.29 is 8.85 Å². The minimum atomic E-state index is -1.96. The molecule has 0 aromatic rings. The van der Waals surface area contributed by atoms with Crippen LogP contribution in [0.2, 0.25) is 52.4 Å². The molecule has 5 heteroatoms. The first kappa shape index (κ1) is 20.6. The molecule has 0 N–H and O–H groups in total. The molecule has 0 aliphatic carbocycles. The molecule has 0 bridgehead atoms. The molecule has 0 fully saturated rings. The van der Waals surface area contributed by atoms with Crippen molar-refractivity contribution in [1.82, 2.24) is 0 Å². The molecule has 0 amide bonds. The molecule has 0 aliphatic rings. The predicted molar refractivity (Wildman–Crippen MR) is 99.1 cm³/mol. The lowest BCUT2D eigenvalue weighted by Gasteiger charge is -2.51. The summed E-state index contributed by atoms with van der Waals surface area (Å²) in [6, 6.07) is 0. The van der Waals surface area contributed by atoms with Gasteiger partial charge in [0.15, 0.2) is 8.32 Å². The summed E-state index contributed by atoms with van der Waals surface area (Å²) in [7, 11) is -4.92. The lowest BCUT2D eigenvalue weighted by molar-refractivity contribution is 0.0888. The van der Waals surface area contributed by atoms with Crippen molar-refractivity contribution in [3.63, 3.8) is 0 Å². The molecule has 0 unspecified atom stereocenters. The summed E-state index contributed by atoms with van der Waals surface area (Å²) < 4.78 is 13.3. The van der Waals surface area contributed by atoms with Crippen LogP contribution < -0.4 is 0 Å². The van der Waals surface area contributed by atoms with E-state index in [1.165, 1.54) is 0 Å². The van der Waals surface area contributed by atoms with Crippen LogP contribution in [0.4, 0.5) is 0 Å². The SMILES string of the molecule is CC[C@@](C)(O[Si](C)(C)C(C)(C)O[Si](C)(C)C)[Si](C)(C)C. The van der Waals surface area contributed by atoms with Gasteiger partial charge in [-0.05, 0) is 59.9 Å². The molecule has 2 nitrogen and oxygen atoms in total. The highest BCUT2D eigenvalue weighted by Crippen LogP contribution is 2.37. The molecule has 0 spiro atoms. The third kappa shape index (κ3) is 5.09. The first-order valence-corrected chi connectivity index (χ1v) is 17.7. The van der Waals surface area contributed by atoms with E-state index in [2.05, 4.69) is 80.1 Å². The normalized spacial score (nSPS) is 18.0. The summed E-state index contributed by atoms with van der Waals surface area (Å²) in [6.07, 6.45) is 1.09. The van der Waals surface area contributed by atoms with Gasteiger partial charge in [-0.2, -0.15) is 0 Å². The van der Waals surface area contributed by atoms with E-state index in [0.717, 1.165) is 6.42 Å². The average molecular weight is 335 g/mol. The van der Waals surface area contributed by atoms with Crippen LogP contribution in [-0.2, 0) is 8.85 Å². The summed E-state index contributed by atoms with van der Waals surface area (Å²) in [5.74, 6) is 0. The van der Waals surface area contributed by atoms with Crippen LogP contribution in [0.1, 0.15) is 34.1 Å². The first-order valence-electron chi connectivity index (χ1n) is 7.88. The maximum absolute atomic E-state index is 6.85. The molecule has 122 valence electrons. The van der Waals surface area contributed by atoms with Crippen molar-refractivity contribution in [2.45, 2.75) is 96.9 Å². The topological polar surface area (TPSA) is 18.5 Å². The van der Waals surface area contributed by atoms with Crippen LogP contribution >= 0.6 is 0 Å². The molecule has 0 rings (SSSR count). The Morgan fingerprint density at radius 3 is 1.40 bits per heavy atom. The fraction of sp³-hybridized carbons (Fsp3) is 1.00. The quantitative estimate of drug-likeness (QED) is 0.578. The van der Waals surface area contributed by atoms with E-state index in [0.29, 0.717) is 0 Å². The van der Waals surface area contributed by atoms with E-state index in [4.69, 9.17) is 8.85 Å². The predicted octanol–water partition coefficient (Wildman–Crippen LogP) is 5.42. The second kappa shape index (κ2) is 5.99. The minimum absolute atomic E-state index is 0.0305. The molecule has 0 heterocycles. The Morgan fingerprint density at radius 2 is 1.15 bits per heavy atom. The molecule has 20 heavy (non-hydrogen) atoms. The maximum Gasteiger partial charge on any atom is 0.216 e. The standard InChI is InChI=1S/C15H38O2Si3/c1-13-15(4,18(5,6)7)17-20(11,12)14(2,3)16-19(8,9)10/h13H2,1-12H3/t15-/m0/s1. The monoisotopic (exact) mass is 334 g/mol. The second-order valence-electron chi connectivity index (χ2n) is 9.17. The van der Waals surface area contributed by atoms with Gasteiger partial charge in [0.2, 0.25) is 8.32 Å². The number of hydrogen-bond acceptors (Lipinski definition) is 2. The van der Waals surface area contributed by atoms with E-state index in [-0.39, 0.29) is 10.4 Å². The largest absolute Gasteiger partial charge is 0.413 e. The third-order valence-electron chi connectivity index (χ3n) is 4.75. The van der Waals surface area contributed by atoms with Gasteiger partial charge in [0, 0.05) is 5.22 Å². The summed E-state index contributed by atoms with van der Waals surface area (Å²) in [5, 5.41) is -0.115.